The van der Waals surface area contributed by atoms with E-state index in [0.29, 0.717) is 23.0 Å². The summed E-state index contributed by atoms with van der Waals surface area (Å²) >= 11 is 7.70. The summed E-state index contributed by atoms with van der Waals surface area (Å²) in [6.45, 7) is 2.17. The second-order valence-electron chi connectivity index (χ2n) is 4.97. The van der Waals surface area contributed by atoms with E-state index >= 15 is 0 Å². The lowest BCUT2D eigenvalue weighted by atomic mass is 10.0. The zero-order chi connectivity index (χ0) is 15.4. The van der Waals surface area contributed by atoms with Gasteiger partial charge in [0.1, 0.15) is 5.69 Å². The lowest BCUT2D eigenvalue weighted by molar-refractivity contribution is 0.0930. The summed E-state index contributed by atoms with van der Waals surface area (Å²) < 4.78 is 1.47. The molecule has 21 heavy (non-hydrogen) atoms. The molecule has 1 amide bonds. The highest BCUT2D eigenvalue weighted by atomic mass is 35.5. The minimum Gasteiger partial charge on any atom is -0.396 e. The Kier molecular flexibility index (Phi) is 5.39. The fourth-order valence-electron chi connectivity index (χ4n) is 2.14. The van der Waals surface area contributed by atoms with Crippen LogP contribution < -0.4 is 5.32 Å². The summed E-state index contributed by atoms with van der Waals surface area (Å²) in [7, 11) is 1.68. The molecule has 5 nitrogen and oxygen atoms in total. The molecule has 0 saturated heterocycles. The minimum absolute atomic E-state index is 0.0170. The van der Waals surface area contributed by atoms with Gasteiger partial charge in [-0.15, -0.1) is 0 Å². The van der Waals surface area contributed by atoms with Gasteiger partial charge < -0.3 is 10.4 Å². The standard InChI is InChI=1S/C14H18ClN3O2S/c1-9-12(15)13(18(2)17-9)14(20)16-6-11(7-19)5-10-3-4-21-8-10/h3-4,8,11,19H,5-7H2,1-2H3,(H,16,20)/t11-/m0/s1. The Labute approximate surface area is 132 Å². The van der Waals surface area contributed by atoms with Crippen LogP contribution in [0.3, 0.4) is 0 Å². The molecule has 0 aliphatic carbocycles. The predicted molar refractivity (Wildman–Crippen MR) is 83.9 cm³/mol. The second kappa shape index (κ2) is 7.06. The van der Waals surface area contributed by atoms with Crippen LogP contribution in [-0.2, 0) is 13.5 Å². The number of nitrogens with zero attached hydrogens (tertiary/aromatic N) is 2. The number of carbonyl (C=O) groups excluding carboxylic acids is 1. The molecule has 7 heteroatoms. The Morgan fingerprint density at radius 2 is 2.38 bits per heavy atom. The van der Waals surface area contributed by atoms with Crippen LogP contribution in [0.5, 0.6) is 0 Å². The van der Waals surface area contributed by atoms with Crippen molar-refractivity contribution in [3.8, 4) is 0 Å². The molecule has 1 atom stereocenters. The van der Waals surface area contributed by atoms with Crippen LogP contribution in [0.15, 0.2) is 16.8 Å². The Balaban J connectivity index is 1.96. The van der Waals surface area contributed by atoms with E-state index in [1.807, 2.05) is 16.8 Å². The second-order valence-corrected chi connectivity index (χ2v) is 6.12. The lowest BCUT2D eigenvalue weighted by Gasteiger charge is -2.14. The van der Waals surface area contributed by atoms with E-state index in [0.717, 1.165) is 6.42 Å². The third kappa shape index (κ3) is 3.84. The van der Waals surface area contributed by atoms with Gasteiger partial charge in [0.25, 0.3) is 5.91 Å². The van der Waals surface area contributed by atoms with Gasteiger partial charge in [0, 0.05) is 26.1 Å². The van der Waals surface area contributed by atoms with Crippen molar-refractivity contribution in [2.45, 2.75) is 13.3 Å². The number of nitrogens with one attached hydrogen (secondary N) is 1. The number of aromatic nitrogens is 2. The van der Waals surface area contributed by atoms with Crippen LogP contribution in [0, 0.1) is 12.8 Å². The van der Waals surface area contributed by atoms with Gasteiger partial charge in [-0.1, -0.05) is 11.6 Å². The summed E-state index contributed by atoms with van der Waals surface area (Å²) in [6.07, 6.45) is 0.735. The molecule has 0 aliphatic heterocycles. The smallest absolute Gasteiger partial charge is 0.271 e. The number of rotatable bonds is 6. The SMILES string of the molecule is Cc1nn(C)c(C(=O)NC[C@@H](CO)Cc2ccsc2)c1Cl. The van der Waals surface area contributed by atoms with Crippen LogP contribution in [0.1, 0.15) is 21.7 Å². The lowest BCUT2D eigenvalue weighted by Crippen LogP contribution is -2.33. The van der Waals surface area contributed by atoms with Crippen molar-refractivity contribution < 1.29 is 9.90 Å². The molecule has 2 aromatic rings. The zero-order valence-electron chi connectivity index (χ0n) is 12.0. The largest absolute Gasteiger partial charge is 0.396 e. The monoisotopic (exact) mass is 327 g/mol. The molecule has 2 aromatic heterocycles. The van der Waals surface area contributed by atoms with Gasteiger partial charge in [-0.3, -0.25) is 9.48 Å². The van der Waals surface area contributed by atoms with Crippen molar-refractivity contribution in [3.05, 3.63) is 38.8 Å². The zero-order valence-corrected chi connectivity index (χ0v) is 13.5. The van der Waals surface area contributed by atoms with Crippen molar-refractivity contribution in [1.82, 2.24) is 15.1 Å². The Morgan fingerprint density at radius 3 is 2.90 bits per heavy atom. The van der Waals surface area contributed by atoms with Gasteiger partial charge in [0.15, 0.2) is 0 Å². The number of aryl methyl sites for hydroxylation is 2. The number of amides is 1. The fourth-order valence-corrected chi connectivity index (χ4v) is 3.07. The summed E-state index contributed by atoms with van der Waals surface area (Å²) in [5.74, 6) is -0.288. The highest BCUT2D eigenvalue weighted by molar-refractivity contribution is 7.07. The van der Waals surface area contributed by atoms with Crippen molar-refractivity contribution in [1.29, 1.82) is 0 Å². The van der Waals surface area contributed by atoms with Gasteiger partial charge in [0.2, 0.25) is 0 Å². The third-order valence-electron chi connectivity index (χ3n) is 3.28. The summed E-state index contributed by atoms with van der Waals surface area (Å²) in [5, 5.41) is 20.8. The maximum absolute atomic E-state index is 12.2. The topological polar surface area (TPSA) is 67.2 Å². The maximum Gasteiger partial charge on any atom is 0.271 e. The number of aliphatic hydroxyl groups excluding tert-OH is 1. The summed E-state index contributed by atoms with van der Waals surface area (Å²) in [5.41, 5.74) is 2.14. The van der Waals surface area contributed by atoms with Crippen molar-refractivity contribution in [3.63, 3.8) is 0 Å². The molecule has 0 fully saturated rings. The quantitative estimate of drug-likeness (QED) is 0.853. The minimum atomic E-state index is -0.271. The number of hydrogen-bond acceptors (Lipinski definition) is 4. The van der Waals surface area contributed by atoms with E-state index in [1.165, 1.54) is 10.2 Å². The normalized spacial score (nSPS) is 12.4. The predicted octanol–water partition coefficient (Wildman–Crippen LogP) is 2.02. The molecule has 0 saturated carbocycles. The maximum atomic E-state index is 12.2. The highest BCUT2D eigenvalue weighted by Gasteiger charge is 2.19. The Morgan fingerprint density at radius 1 is 1.62 bits per heavy atom. The van der Waals surface area contributed by atoms with Crippen LogP contribution in [0.2, 0.25) is 5.02 Å². The van der Waals surface area contributed by atoms with Crippen LogP contribution >= 0.6 is 22.9 Å². The van der Waals surface area contributed by atoms with Crippen LogP contribution in [0.4, 0.5) is 0 Å². The first-order valence-corrected chi connectivity index (χ1v) is 7.94. The molecule has 0 aromatic carbocycles. The van der Waals surface area contributed by atoms with Gasteiger partial charge in [-0.05, 0) is 35.7 Å². The molecule has 114 valence electrons. The van der Waals surface area contributed by atoms with Gasteiger partial charge in [-0.2, -0.15) is 16.4 Å². The molecular weight excluding hydrogens is 310 g/mol. The molecule has 0 radical (unpaired) electrons. The van der Waals surface area contributed by atoms with E-state index in [2.05, 4.69) is 10.4 Å². The molecule has 0 aliphatic rings. The molecule has 0 bridgehead atoms. The fraction of sp³-hybridized carbons (Fsp3) is 0.429. The number of carbonyl (C=O) groups is 1. The number of halogens is 1. The number of thiophene rings is 1. The molecule has 0 unspecified atom stereocenters. The van der Waals surface area contributed by atoms with E-state index in [9.17, 15) is 9.90 Å². The number of hydrogen-bond donors (Lipinski definition) is 2. The summed E-state index contributed by atoms with van der Waals surface area (Å²) in [6, 6.07) is 2.02. The first-order chi connectivity index (χ1) is 10.0. The average molecular weight is 328 g/mol. The van der Waals surface area contributed by atoms with Crippen molar-refractivity contribution in [2.24, 2.45) is 13.0 Å². The van der Waals surface area contributed by atoms with E-state index in [1.54, 1.807) is 25.3 Å². The van der Waals surface area contributed by atoms with E-state index in [4.69, 9.17) is 11.6 Å². The average Bonchev–Trinajstić information content (AvgIpc) is 3.04. The highest BCUT2D eigenvalue weighted by Crippen LogP contribution is 2.19. The molecule has 2 rings (SSSR count). The summed E-state index contributed by atoms with van der Waals surface area (Å²) in [4.78, 5) is 12.2. The van der Waals surface area contributed by atoms with E-state index in [-0.39, 0.29) is 18.4 Å². The van der Waals surface area contributed by atoms with Crippen molar-refractivity contribution >= 4 is 28.8 Å². The Hall–Kier alpha value is -1.37. The van der Waals surface area contributed by atoms with Crippen LogP contribution in [0.25, 0.3) is 0 Å². The van der Waals surface area contributed by atoms with Gasteiger partial charge in [0.05, 0.1) is 10.7 Å². The first kappa shape index (κ1) is 16.0. The van der Waals surface area contributed by atoms with Crippen LogP contribution in [-0.4, -0.2) is 33.9 Å². The molecule has 2 N–H and O–H groups in total. The van der Waals surface area contributed by atoms with Gasteiger partial charge in [-0.25, -0.2) is 0 Å². The Bertz CT molecular complexity index is 610. The first-order valence-electron chi connectivity index (χ1n) is 6.62. The molecule has 2 heterocycles. The van der Waals surface area contributed by atoms with Gasteiger partial charge >= 0.3 is 0 Å². The van der Waals surface area contributed by atoms with E-state index < -0.39 is 0 Å². The molecular formula is C14H18ClN3O2S. The number of aliphatic hydroxyl groups is 1. The van der Waals surface area contributed by atoms with Crippen molar-refractivity contribution in [2.75, 3.05) is 13.2 Å². The third-order valence-corrected chi connectivity index (χ3v) is 4.46. The molecule has 0 spiro atoms.